The van der Waals surface area contributed by atoms with Gasteiger partial charge in [0, 0.05) is 0 Å². The van der Waals surface area contributed by atoms with Crippen molar-refractivity contribution in [1.29, 1.82) is 0 Å². The lowest BCUT2D eigenvalue weighted by molar-refractivity contribution is -0.178. The molecule has 4 aromatic carbocycles. The fraction of sp³-hybridized carbons (Fsp3) is 0.133. The molecule has 0 spiro atoms. The van der Waals surface area contributed by atoms with E-state index in [9.17, 15) is 30.0 Å². The monoisotopic (exact) mass is 498 g/mol. The lowest BCUT2D eigenvalue weighted by Gasteiger charge is -2.22. The lowest BCUT2D eigenvalue weighted by atomic mass is 9.93. The average Bonchev–Trinajstić information content (AvgIpc) is 2.96. The topological polar surface area (TPSA) is 124 Å². The van der Waals surface area contributed by atoms with Gasteiger partial charge in [0.1, 0.15) is 12.2 Å². The first-order valence-corrected chi connectivity index (χ1v) is 11.6. The molecule has 0 heterocycles. The summed E-state index contributed by atoms with van der Waals surface area (Å²) in [5, 5.41) is 42.4. The zero-order valence-corrected chi connectivity index (χ0v) is 19.7. The van der Waals surface area contributed by atoms with Crippen molar-refractivity contribution in [2.45, 2.75) is 24.4 Å². The maximum atomic E-state index is 12.5. The van der Waals surface area contributed by atoms with E-state index in [4.69, 9.17) is 0 Å². The largest absolute Gasteiger partial charge is 0.389 e. The zero-order valence-electron chi connectivity index (χ0n) is 19.7. The van der Waals surface area contributed by atoms with E-state index in [1.165, 1.54) is 0 Å². The van der Waals surface area contributed by atoms with Gasteiger partial charge in [-0.25, -0.2) is 9.59 Å². The smallest absolute Gasteiger partial charge is 0.345 e. The second-order valence-electron chi connectivity index (χ2n) is 8.43. The van der Waals surface area contributed by atoms with E-state index in [0.29, 0.717) is 11.1 Å². The number of esters is 2. The first kappa shape index (κ1) is 25.9. The number of rotatable bonds is 8. The minimum absolute atomic E-state index is 0.253. The van der Waals surface area contributed by atoms with Crippen molar-refractivity contribution in [1.82, 2.24) is 0 Å². The van der Waals surface area contributed by atoms with Gasteiger partial charge in [-0.1, -0.05) is 109 Å². The van der Waals surface area contributed by atoms with Gasteiger partial charge in [-0.05, 0) is 33.4 Å². The van der Waals surface area contributed by atoms with Crippen LogP contribution in [0.4, 0.5) is 0 Å². The van der Waals surface area contributed by atoms with Gasteiger partial charge in [-0.15, -0.1) is 0 Å². The molecule has 0 fully saturated rings. The summed E-state index contributed by atoms with van der Waals surface area (Å²) in [7, 11) is 0. The molecule has 0 aliphatic heterocycles. The highest BCUT2D eigenvalue weighted by Gasteiger charge is 2.35. The number of aliphatic hydroxyl groups is 4. The molecule has 7 nitrogen and oxygen atoms in total. The van der Waals surface area contributed by atoms with E-state index in [2.05, 4.69) is 4.74 Å². The third-order valence-corrected chi connectivity index (χ3v) is 6.01. The summed E-state index contributed by atoms with van der Waals surface area (Å²) in [6, 6.07) is 31.5. The predicted molar refractivity (Wildman–Crippen MR) is 137 cm³/mol. The molecule has 0 aromatic heterocycles. The van der Waals surface area contributed by atoms with E-state index in [-0.39, 0.29) is 11.1 Å². The number of aliphatic hydroxyl groups excluding tert-OH is 4. The summed E-state index contributed by atoms with van der Waals surface area (Å²) in [4.78, 5) is 25.0. The fourth-order valence-corrected chi connectivity index (χ4v) is 4.09. The lowest BCUT2D eigenvalue weighted by Crippen LogP contribution is -2.37. The van der Waals surface area contributed by atoms with Gasteiger partial charge in [0.2, 0.25) is 0 Å². The Bertz CT molecular complexity index is 1250. The van der Waals surface area contributed by atoms with Crippen molar-refractivity contribution in [3.8, 4) is 22.3 Å². The molecule has 4 unspecified atom stereocenters. The first-order valence-electron chi connectivity index (χ1n) is 11.6. The normalized spacial score (nSPS) is 14.3. The molecule has 0 amide bonds. The van der Waals surface area contributed by atoms with Gasteiger partial charge in [0.15, 0.2) is 12.2 Å². The molecule has 4 rings (SSSR count). The highest BCUT2D eigenvalue weighted by Crippen LogP contribution is 2.32. The van der Waals surface area contributed by atoms with Gasteiger partial charge in [0.05, 0.1) is 0 Å². The number of benzene rings is 4. The number of carbonyl (C=O) groups is 2. The van der Waals surface area contributed by atoms with Gasteiger partial charge in [-0.2, -0.15) is 0 Å². The van der Waals surface area contributed by atoms with Crippen molar-refractivity contribution in [2.24, 2.45) is 0 Å². The van der Waals surface area contributed by atoms with Crippen molar-refractivity contribution >= 4 is 11.9 Å². The van der Waals surface area contributed by atoms with Gasteiger partial charge < -0.3 is 25.2 Å². The molecule has 4 atom stereocenters. The molecule has 4 aromatic rings. The predicted octanol–water partition coefficient (Wildman–Crippen LogP) is 3.58. The van der Waals surface area contributed by atoms with Crippen LogP contribution in [0.1, 0.15) is 23.3 Å². The second-order valence-corrected chi connectivity index (χ2v) is 8.43. The zero-order chi connectivity index (χ0) is 26.4. The van der Waals surface area contributed by atoms with Crippen LogP contribution < -0.4 is 0 Å². The van der Waals surface area contributed by atoms with Crippen LogP contribution in [-0.4, -0.2) is 44.6 Å². The van der Waals surface area contributed by atoms with Crippen molar-refractivity contribution in [2.75, 3.05) is 0 Å². The Morgan fingerprint density at radius 2 is 0.811 bits per heavy atom. The molecule has 0 bridgehead atoms. The molecule has 0 aliphatic carbocycles. The Hall–Kier alpha value is -4.14. The van der Waals surface area contributed by atoms with E-state index >= 15 is 0 Å². The number of ether oxygens (including phenoxy) is 1. The Morgan fingerprint density at radius 3 is 1.19 bits per heavy atom. The highest BCUT2D eigenvalue weighted by atomic mass is 16.6. The molecule has 0 saturated carbocycles. The molecule has 37 heavy (non-hydrogen) atoms. The van der Waals surface area contributed by atoms with Crippen LogP contribution in [0.3, 0.4) is 0 Å². The average molecular weight is 499 g/mol. The van der Waals surface area contributed by atoms with Crippen LogP contribution >= 0.6 is 0 Å². The molecule has 4 N–H and O–H groups in total. The van der Waals surface area contributed by atoms with Crippen LogP contribution in [0, 0.1) is 0 Å². The third-order valence-electron chi connectivity index (χ3n) is 6.01. The van der Waals surface area contributed by atoms with Crippen LogP contribution in [0.15, 0.2) is 109 Å². The summed E-state index contributed by atoms with van der Waals surface area (Å²) in [5.74, 6) is -2.91. The summed E-state index contributed by atoms with van der Waals surface area (Å²) >= 11 is 0. The van der Waals surface area contributed by atoms with E-state index in [0.717, 1.165) is 11.1 Å². The minimum Gasteiger partial charge on any atom is -0.389 e. The SMILES string of the molecule is O=C(OC(=O)C(O)C(O)c1ccccc1-c1ccccc1)C(O)C(O)c1ccccc1-c1ccccc1. The van der Waals surface area contributed by atoms with Crippen molar-refractivity contribution < 1.29 is 34.8 Å². The van der Waals surface area contributed by atoms with E-state index in [1.807, 2.05) is 60.7 Å². The van der Waals surface area contributed by atoms with Crippen LogP contribution in [0.2, 0.25) is 0 Å². The van der Waals surface area contributed by atoms with Crippen LogP contribution in [0.5, 0.6) is 0 Å². The Kier molecular flexibility index (Phi) is 8.22. The molecule has 7 heteroatoms. The minimum atomic E-state index is -2.12. The molecule has 0 radical (unpaired) electrons. The van der Waals surface area contributed by atoms with Crippen LogP contribution in [0.25, 0.3) is 22.3 Å². The molecule has 0 saturated heterocycles. The molecule has 0 aliphatic rings. The molecular weight excluding hydrogens is 472 g/mol. The number of carbonyl (C=O) groups excluding carboxylic acids is 2. The molecule has 188 valence electrons. The Balaban J connectivity index is 1.48. The third kappa shape index (κ3) is 5.82. The maximum absolute atomic E-state index is 12.5. The Labute approximate surface area is 213 Å². The molecular formula is C30H26O7. The summed E-state index contributed by atoms with van der Waals surface area (Å²) in [5.41, 5.74) is 3.18. The summed E-state index contributed by atoms with van der Waals surface area (Å²) < 4.78 is 4.65. The van der Waals surface area contributed by atoms with Crippen molar-refractivity contribution in [3.63, 3.8) is 0 Å². The summed E-state index contributed by atoms with van der Waals surface area (Å²) in [6.45, 7) is 0. The van der Waals surface area contributed by atoms with Gasteiger partial charge in [-0.3, -0.25) is 0 Å². The first-order chi connectivity index (χ1) is 17.9. The fourth-order valence-electron chi connectivity index (χ4n) is 4.09. The number of hydrogen-bond donors (Lipinski definition) is 4. The number of hydrogen-bond acceptors (Lipinski definition) is 7. The highest BCUT2D eigenvalue weighted by molar-refractivity contribution is 5.91. The quantitative estimate of drug-likeness (QED) is 0.216. The standard InChI is InChI=1S/C30H26O7/c31-25(23-17-9-7-15-21(23)19-11-3-1-4-12-19)27(33)29(35)37-30(36)28(34)26(32)24-18-10-8-16-22(24)20-13-5-2-6-14-20/h1-18,25-28,31-34H. The van der Waals surface area contributed by atoms with Crippen LogP contribution in [-0.2, 0) is 14.3 Å². The summed E-state index contributed by atoms with van der Waals surface area (Å²) in [6.07, 6.45) is -7.65. The second kappa shape index (κ2) is 11.7. The van der Waals surface area contributed by atoms with E-state index < -0.39 is 36.4 Å². The van der Waals surface area contributed by atoms with E-state index in [1.54, 1.807) is 48.5 Å². The maximum Gasteiger partial charge on any atom is 0.345 e. The van der Waals surface area contributed by atoms with Gasteiger partial charge in [0.25, 0.3) is 0 Å². The van der Waals surface area contributed by atoms with Gasteiger partial charge >= 0.3 is 11.9 Å². The Morgan fingerprint density at radius 1 is 0.486 bits per heavy atom. The van der Waals surface area contributed by atoms with Crippen molar-refractivity contribution in [3.05, 3.63) is 120 Å².